The van der Waals surface area contributed by atoms with Gasteiger partial charge in [0.1, 0.15) is 11.5 Å². The molecule has 2 aromatic carbocycles. The molecular weight excluding hydrogens is 391 g/mol. The van der Waals surface area contributed by atoms with Crippen molar-refractivity contribution in [1.29, 1.82) is 0 Å². The van der Waals surface area contributed by atoms with E-state index in [9.17, 15) is 13.5 Å². The summed E-state index contributed by atoms with van der Waals surface area (Å²) >= 11 is 0. The topological polar surface area (TPSA) is 86.7 Å². The van der Waals surface area contributed by atoms with Crippen LogP contribution in [0.1, 0.15) is 51.0 Å². The van der Waals surface area contributed by atoms with E-state index in [1.54, 1.807) is 0 Å². The summed E-state index contributed by atoms with van der Waals surface area (Å²) in [6, 6.07) is 11.1. The standard InChI is InChI=1S/C20H26O5S.K/c1-2-3-4-5-6-7-10-16-11-8-9-12-19(16)25-17-13-14-18(21)20(15-17)26(22,23)24;/h8-9,11-15,21H,2-7,10H2,1H3,(H,22,23,24);/q;+1/p-1. The van der Waals surface area contributed by atoms with E-state index in [1.165, 1.54) is 31.7 Å². The van der Waals surface area contributed by atoms with Gasteiger partial charge in [0.2, 0.25) is 0 Å². The fourth-order valence-corrected chi connectivity index (χ4v) is 3.37. The Morgan fingerprint density at radius 2 is 1.67 bits per heavy atom. The molecule has 0 spiro atoms. The molecule has 0 aliphatic heterocycles. The monoisotopic (exact) mass is 416 g/mol. The third-order valence-electron chi connectivity index (χ3n) is 4.19. The van der Waals surface area contributed by atoms with Crippen molar-refractivity contribution in [3.05, 3.63) is 48.0 Å². The number of ether oxygens (including phenoxy) is 1. The number of benzene rings is 2. The maximum atomic E-state index is 11.6. The molecular formula is C20H25KO5S. The van der Waals surface area contributed by atoms with Crippen LogP contribution in [0.15, 0.2) is 47.4 Å². The van der Waals surface area contributed by atoms with Crippen molar-refractivity contribution in [1.82, 2.24) is 0 Å². The Morgan fingerprint density at radius 3 is 2.37 bits per heavy atom. The molecule has 2 rings (SSSR count). The van der Waals surface area contributed by atoms with E-state index in [0.29, 0.717) is 5.75 Å². The van der Waals surface area contributed by atoms with Crippen molar-refractivity contribution in [3.8, 4) is 17.2 Å². The van der Waals surface area contributed by atoms with Gasteiger partial charge in [-0.2, -0.15) is 8.42 Å². The van der Waals surface area contributed by atoms with Gasteiger partial charge in [-0.3, -0.25) is 4.55 Å². The van der Waals surface area contributed by atoms with Crippen molar-refractivity contribution in [3.63, 3.8) is 0 Å². The minimum Gasteiger partial charge on any atom is -0.872 e. The molecule has 0 heterocycles. The van der Waals surface area contributed by atoms with Crippen molar-refractivity contribution in [2.75, 3.05) is 0 Å². The number of hydrogen-bond acceptors (Lipinski definition) is 4. The van der Waals surface area contributed by atoms with Gasteiger partial charge in [0.15, 0.2) is 0 Å². The number of aryl methyl sites for hydroxylation is 1. The molecule has 0 unspecified atom stereocenters. The Balaban J connectivity index is 0.00000364. The van der Waals surface area contributed by atoms with Crippen molar-refractivity contribution in [2.45, 2.75) is 56.8 Å². The largest absolute Gasteiger partial charge is 1.00 e. The predicted octanol–water partition coefficient (Wildman–Crippen LogP) is 1.71. The fourth-order valence-electron chi connectivity index (χ4n) is 2.79. The molecule has 0 aromatic heterocycles. The van der Waals surface area contributed by atoms with Crippen LogP contribution in [-0.2, 0) is 16.5 Å². The molecule has 0 saturated heterocycles. The van der Waals surface area contributed by atoms with Gasteiger partial charge in [-0.25, -0.2) is 0 Å². The summed E-state index contributed by atoms with van der Waals surface area (Å²) in [7, 11) is -4.58. The zero-order valence-corrected chi connectivity index (χ0v) is 19.9. The normalized spacial score (nSPS) is 11.0. The summed E-state index contributed by atoms with van der Waals surface area (Å²) in [6.07, 6.45) is 8.06. The number of unbranched alkanes of at least 4 members (excludes halogenated alkanes) is 5. The maximum absolute atomic E-state index is 11.6. The first-order valence-electron chi connectivity index (χ1n) is 8.96. The molecule has 0 saturated carbocycles. The first-order valence-corrected chi connectivity index (χ1v) is 10.4. The van der Waals surface area contributed by atoms with Crippen molar-refractivity contribution in [2.24, 2.45) is 0 Å². The van der Waals surface area contributed by atoms with Gasteiger partial charge in [0.25, 0.3) is 10.1 Å². The van der Waals surface area contributed by atoms with Crippen LogP contribution < -0.4 is 61.2 Å². The maximum Gasteiger partial charge on any atom is 1.00 e. The average molecular weight is 417 g/mol. The van der Waals surface area contributed by atoms with Gasteiger partial charge in [0.05, 0.1) is 4.90 Å². The molecule has 0 radical (unpaired) electrons. The molecule has 2 aromatic rings. The molecule has 0 aliphatic rings. The van der Waals surface area contributed by atoms with E-state index in [2.05, 4.69) is 6.92 Å². The van der Waals surface area contributed by atoms with Crippen LogP contribution in [0.3, 0.4) is 0 Å². The summed E-state index contributed by atoms with van der Waals surface area (Å²) in [5.74, 6) is 0.0637. The first kappa shape index (κ1) is 24.6. The molecule has 0 aliphatic carbocycles. The first-order chi connectivity index (χ1) is 12.4. The Hall–Kier alpha value is -0.414. The van der Waals surface area contributed by atoms with Crippen LogP contribution in [0.25, 0.3) is 0 Å². The molecule has 0 amide bonds. The smallest absolute Gasteiger partial charge is 0.872 e. The molecule has 5 nitrogen and oxygen atoms in total. The predicted molar refractivity (Wildman–Crippen MR) is 99.3 cm³/mol. The quantitative estimate of drug-likeness (QED) is 0.362. The summed E-state index contributed by atoms with van der Waals surface area (Å²) in [5, 5.41) is 11.6. The van der Waals surface area contributed by atoms with E-state index in [4.69, 9.17) is 9.29 Å². The van der Waals surface area contributed by atoms with Crippen LogP contribution in [0.5, 0.6) is 17.2 Å². The van der Waals surface area contributed by atoms with Gasteiger partial charge in [-0.1, -0.05) is 69.0 Å². The van der Waals surface area contributed by atoms with Crippen LogP contribution >= 0.6 is 0 Å². The van der Waals surface area contributed by atoms with Gasteiger partial charge in [-0.15, -0.1) is 0 Å². The Kier molecular flexibility index (Phi) is 11.1. The number of rotatable bonds is 10. The molecule has 142 valence electrons. The second kappa shape index (κ2) is 12.2. The third kappa shape index (κ3) is 8.23. The van der Waals surface area contributed by atoms with Gasteiger partial charge < -0.3 is 9.84 Å². The summed E-state index contributed by atoms with van der Waals surface area (Å²) in [5.41, 5.74) is 1.03. The molecule has 0 fully saturated rings. The van der Waals surface area contributed by atoms with E-state index >= 15 is 0 Å². The van der Waals surface area contributed by atoms with E-state index in [-0.39, 0.29) is 57.1 Å². The molecule has 27 heavy (non-hydrogen) atoms. The third-order valence-corrected chi connectivity index (χ3v) is 5.07. The van der Waals surface area contributed by atoms with Crippen molar-refractivity contribution >= 4 is 10.1 Å². The average Bonchev–Trinajstić information content (AvgIpc) is 2.60. The second-order valence-corrected chi connectivity index (χ2v) is 7.70. The zero-order valence-electron chi connectivity index (χ0n) is 16.0. The minimum atomic E-state index is -4.58. The van der Waals surface area contributed by atoms with Crippen LogP contribution in [0.2, 0.25) is 0 Å². The van der Waals surface area contributed by atoms with Crippen molar-refractivity contribution < 1.29 is 74.2 Å². The Labute approximate surface area is 204 Å². The van der Waals surface area contributed by atoms with Gasteiger partial charge in [-0.05, 0) is 30.5 Å². The van der Waals surface area contributed by atoms with E-state index in [1.807, 2.05) is 24.3 Å². The summed E-state index contributed by atoms with van der Waals surface area (Å²) in [4.78, 5) is -0.677. The zero-order chi connectivity index (χ0) is 19.0. The summed E-state index contributed by atoms with van der Waals surface area (Å²) < 4.78 is 37.5. The fraction of sp³-hybridized carbons (Fsp3) is 0.400. The van der Waals surface area contributed by atoms with Crippen LogP contribution in [0, 0.1) is 0 Å². The van der Waals surface area contributed by atoms with E-state index in [0.717, 1.165) is 37.0 Å². The molecule has 0 atom stereocenters. The number of hydrogen-bond donors (Lipinski definition) is 1. The van der Waals surface area contributed by atoms with Crippen LogP contribution in [0.4, 0.5) is 0 Å². The molecule has 1 N–H and O–H groups in total. The minimum absolute atomic E-state index is 0. The second-order valence-electron chi connectivity index (χ2n) is 6.31. The summed E-state index contributed by atoms with van der Waals surface area (Å²) in [6.45, 7) is 2.19. The molecule has 7 heteroatoms. The van der Waals surface area contributed by atoms with Gasteiger partial charge >= 0.3 is 51.4 Å². The SMILES string of the molecule is CCCCCCCCc1ccccc1Oc1ccc([O-])c(S(=O)(=O)O)c1.[K+]. The molecule has 0 bridgehead atoms. The Morgan fingerprint density at radius 1 is 1.00 bits per heavy atom. The number of para-hydroxylation sites is 1. The van der Waals surface area contributed by atoms with E-state index < -0.39 is 20.8 Å². The Bertz CT molecular complexity index is 821. The van der Waals surface area contributed by atoms with Crippen LogP contribution in [-0.4, -0.2) is 13.0 Å². The van der Waals surface area contributed by atoms with Gasteiger partial charge in [0, 0.05) is 6.07 Å².